The Balaban J connectivity index is 2.37. The molecule has 0 aromatic carbocycles. The van der Waals surface area contributed by atoms with Gasteiger partial charge in [0.2, 0.25) is 0 Å². The highest BCUT2D eigenvalue weighted by Gasteiger charge is 2.08. The molecule has 1 aliphatic heterocycles. The SMILES string of the molecule is O=S(=O)(O)CCN1C=CN(CCO)C=C1. The Labute approximate surface area is 88.9 Å². The summed E-state index contributed by atoms with van der Waals surface area (Å²) in [6.07, 6.45) is 6.81. The van der Waals surface area contributed by atoms with Crippen molar-refractivity contribution in [2.24, 2.45) is 0 Å². The molecule has 0 aromatic rings. The smallest absolute Gasteiger partial charge is 0.266 e. The third-order valence-corrected chi connectivity index (χ3v) is 2.56. The van der Waals surface area contributed by atoms with Crippen LogP contribution in [0.3, 0.4) is 0 Å². The van der Waals surface area contributed by atoms with Crippen LogP contribution < -0.4 is 0 Å². The van der Waals surface area contributed by atoms with Crippen LogP contribution in [-0.2, 0) is 10.1 Å². The van der Waals surface area contributed by atoms with E-state index >= 15 is 0 Å². The van der Waals surface area contributed by atoms with Gasteiger partial charge in [-0.3, -0.25) is 4.55 Å². The van der Waals surface area contributed by atoms with Gasteiger partial charge in [0.25, 0.3) is 10.1 Å². The van der Waals surface area contributed by atoms with Crippen molar-refractivity contribution >= 4 is 10.1 Å². The Morgan fingerprint density at radius 1 is 1.00 bits per heavy atom. The molecular formula is C8H14N2O4S. The first-order valence-corrected chi connectivity index (χ1v) is 6.06. The van der Waals surface area contributed by atoms with Gasteiger partial charge in [-0.05, 0) is 0 Å². The lowest BCUT2D eigenvalue weighted by Crippen LogP contribution is -2.25. The van der Waals surface area contributed by atoms with E-state index in [0.717, 1.165) is 0 Å². The van der Waals surface area contributed by atoms with Crippen molar-refractivity contribution < 1.29 is 18.1 Å². The van der Waals surface area contributed by atoms with E-state index in [0.29, 0.717) is 6.54 Å². The maximum Gasteiger partial charge on any atom is 0.266 e. The average Bonchev–Trinajstić information content (AvgIpc) is 2.16. The maximum absolute atomic E-state index is 10.5. The van der Waals surface area contributed by atoms with Crippen LogP contribution in [0.2, 0.25) is 0 Å². The summed E-state index contributed by atoms with van der Waals surface area (Å²) in [6, 6.07) is 0. The molecule has 0 amide bonds. The summed E-state index contributed by atoms with van der Waals surface area (Å²) in [5, 5.41) is 8.66. The number of hydrogen-bond donors (Lipinski definition) is 2. The molecule has 0 bridgehead atoms. The normalized spacial score (nSPS) is 16.1. The molecule has 6 nitrogen and oxygen atoms in total. The molecule has 7 heteroatoms. The number of rotatable bonds is 5. The Morgan fingerprint density at radius 2 is 1.47 bits per heavy atom. The first-order chi connectivity index (χ1) is 7.01. The summed E-state index contributed by atoms with van der Waals surface area (Å²) in [5.74, 6) is -0.304. The molecule has 1 rings (SSSR count). The zero-order chi connectivity index (χ0) is 11.3. The average molecular weight is 234 g/mol. The van der Waals surface area contributed by atoms with Gasteiger partial charge in [-0.25, -0.2) is 0 Å². The van der Waals surface area contributed by atoms with Crippen LogP contribution in [0.15, 0.2) is 24.8 Å². The second-order valence-corrected chi connectivity index (χ2v) is 4.65. The van der Waals surface area contributed by atoms with Crippen molar-refractivity contribution in [3.63, 3.8) is 0 Å². The Morgan fingerprint density at radius 3 is 1.87 bits per heavy atom. The van der Waals surface area contributed by atoms with E-state index in [-0.39, 0.29) is 18.9 Å². The predicted octanol–water partition coefficient (Wildman–Crippen LogP) is -0.573. The highest BCUT2D eigenvalue weighted by molar-refractivity contribution is 7.85. The second-order valence-electron chi connectivity index (χ2n) is 3.08. The van der Waals surface area contributed by atoms with Crippen molar-refractivity contribution in [1.82, 2.24) is 9.80 Å². The van der Waals surface area contributed by atoms with Gasteiger partial charge < -0.3 is 14.9 Å². The largest absolute Gasteiger partial charge is 0.395 e. The molecule has 86 valence electrons. The quantitative estimate of drug-likeness (QED) is 0.620. The van der Waals surface area contributed by atoms with Gasteiger partial charge in [-0.1, -0.05) is 0 Å². The minimum Gasteiger partial charge on any atom is -0.395 e. The van der Waals surface area contributed by atoms with E-state index in [4.69, 9.17) is 9.66 Å². The lowest BCUT2D eigenvalue weighted by atomic mass is 10.5. The zero-order valence-electron chi connectivity index (χ0n) is 8.15. The highest BCUT2D eigenvalue weighted by atomic mass is 32.2. The van der Waals surface area contributed by atoms with E-state index in [9.17, 15) is 8.42 Å². The fourth-order valence-electron chi connectivity index (χ4n) is 1.08. The van der Waals surface area contributed by atoms with Gasteiger partial charge in [0.15, 0.2) is 0 Å². The molecule has 0 radical (unpaired) electrons. The Kier molecular flexibility index (Phi) is 4.13. The molecule has 0 atom stereocenters. The molecule has 0 spiro atoms. The van der Waals surface area contributed by atoms with Crippen molar-refractivity contribution in [1.29, 1.82) is 0 Å². The number of aliphatic hydroxyl groups excluding tert-OH is 1. The number of nitrogens with zero attached hydrogens (tertiary/aromatic N) is 2. The predicted molar refractivity (Wildman–Crippen MR) is 55.2 cm³/mol. The van der Waals surface area contributed by atoms with Crippen molar-refractivity contribution in [2.45, 2.75) is 0 Å². The maximum atomic E-state index is 10.5. The summed E-state index contributed by atoms with van der Waals surface area (Å²) in [4.78, 5) is 3.41. The number of hydrogen-bond acceptors (Lipinski definition) is 5. The molecule has 1 heterocycles. The van der Waals surface area contributed by atoms with Gasteiger partial charge in [-0.2, -0.15) is 8.42 Å². The van der Waals surface area contributed by atoms with Crippen LogP contribution in [0, 0.1) is 0 Å². The van der Waals surface area contributed by atoms with E-state index < -0.39 is 10.1 Å². The van der Waals surface area contributed by atoms with E-state index in [2.05, 4.69) is 0 Å². The fraction of sp³-hybridized carbons (Fsp3) is 0.500. The van der Waals surface area contributed by atoms with E-state index in [1.165, 1.54) is 0 Å². The third-order valence-electron chi connectivity index (χ3n) is 1.86. The first kappa shape index (κ1) is 12.0. The van der Waals surface area contributed by atoms with Gasteiger partial charge in [0.05, 0.1) is 12.4 Å². The summed E-state index contributed by atoms with van der Waals surface area (Å²) in [5.41, 5.74) is 0. The summed E-state index contributed by atoms with van der Waals surface area (Å²) < 4.78 is 29.5. The summed E-state index contributed by atoms with van der Waals surface area (Å²) >= 11 is 0. The number of aliphatic hydroxyl groups is 1. The van der Waals surface area contributed by atoms with Crippen molar-refractivity contribution in [3.05, 3.63) is 24.8 Å². The van der Waals surface area contributed by atoms with Crippen LogP contribution >= 0.6 is 0 Å². The van der Waals surface area contributed by atoms with Crippen molar-refractivity contribution in [2.75, 3.05) is 25.4 Å². The molecule has 0 fully saturated rings. The van der Waals surface area contributed by atoms with Gasteiger partial charge in [0.1, 0.15) is 0 Å². The molecule has 0 aromatic heterocycles. The van der Waals surface area contributed by atoms with Crippen molar-refractivity contribution in [3.8, 4) is 0 Å². The summed E-state index contributed by atoms with van der Waals surface area (Å²) in [7, 11) is -3.91. The molecule has 0 aliphatic carbocycles. The zero-order valence-corrected chi connectivity index (χ0v) is 8.97. The van der Waals surface area contributed by atoms with E-state index in [1.807, 2.05) is 0 Å². The van der Waals surface area contributed by atoms with Crippen LogP contribution in [-0.4, -0.2) is 53.3 Å². The standard InChI is InChI=1S/C8H14N2O4S/c11-7-5-9-1-3-10(4-2-9)6-8-15(12,13)14/h1-4,11H,5-8H2,(H,12,13,14). The molecule has 0 unspecified atom stereocenters. The van der Waals surface area contributed by atoms with Crippen LogP contribution in [0.1, 0.15) is 0 Å². The minimum atomic E-state index is -3.91. The lowest BCUT2D eigenvalue weighted by Gasteiger charge is -2.23. The minimum absolute atomic E-state index is 0.0553. The van der Waals surface area contributed by atoms with Gasteiger partial charge in [-0.15, -0.1) is 0 Å². The molecule has 0 saturated heterocycles. The number of β-amino-alcohol motifs (C(OH)–C–C–N with tert-alkyl or cyclic N) is 1. The van der Waals surface area contributed by atoms with Crippen LogP contribution in [0.4, 0.5) is 0 Å². The van der Waals surface area contributed by atoms with Crippen LogP contribution in [0.5, 0.6) is 0 Å². The topological polar surface area (TPSA) is 81.1 Å². The second kappa shape index (κ2) is 5.15. The van der Waals surface area contributed by atoms with E-state index in [1.54, 1.807) is 34.6 Å². The molecule has 15 heavy (non-hydrogen) atoms. The third kappa shape index (κ3) is 4.82. The summed E-state index contributed by atoms with van der Waals surface area (Å²) in [6.45, 7) is 0.762. The van der Waals surface area contributed by atoms with Gasteiger partial charge >= 0.3 is 0 Å². The molecular weight excluding hydrogens is 220 g/mol. The first-order valence-electron chi connectivity index (χ1n) is 4.45. The molecule has 0 saturated carbocycles. The monoisotopic (exact) mass is 234 g/mol. The Bertz CT molecular complexity index is 336. The molecule has 1 aliphatic rings. The Hall–Kier alpha value is -1.05. The van der Waals surface area contributed by atoms with Gasteiger partial charge in [0, 0.05) is 37.9 Å². The highest BCUT2D eigenvalue weighted by Crippen LogP contribution is 2.04. The lowest BCUT2D eigenvalue weighted by molar-refractivity contribution is 0.259. The fourth-order valence-corrected chi connectivity index (χ4v) is 1.52. The molecule has 2 N–H and O–H groups in total. The van der Waals surface area contributed by atoms with Crippen LogP contribution in [0.25, 0.3) is 0 Å².